The van der Waals surface area contributed by atoms with E-state index < -0.39 is 10.0 Å². The highest BCUT2D eigenvalue weighted by atomic mass is 79.9. The summed E-state index contributed by atoms with van der Waals surface area (Å²) in [5.41, 5.74) is 0. The van der Waals surface area contributed by atoms with Gasteiger partial charge in [0.05, 0.1) is 9.92 Å². The van der Waals surface area contributed by atoms with Crippen LogP contribution in [0.4, 0.5) is 0 Å². The summed E-state index contributed by atoms with van der Waals surface area (Å²) in [4.78, 5) is 0.274. The molecular weight excluding hydrogens is 375 g/mol. The van der Waals surface area contributed by atoms with Gasteiger partial charge in [-0.05, 0) is 47.6 Å². The fourth-order valence-corrected chi connectivity index (χ4v) is 4.14. The van der Waals surface area contributed by atoms with E-state index in [1.54, 1.807) is 12.1 Å². The third-order valence-electron chi connectivity index (χ3n) is 3.09. The molecule has 1 saturated heterocycles. The summed E-state index contributed by atoms with van der Waals surface area (Å²) < 4.78 is 26.9. The highest BCUT2D eigenvalue weighted by Gasteiger charge is 2.31. The SMILES string of the molecule is CNC1CCN(S(=O)(=O)c2ccc(Cl)c(Br)c2)C1.Cl. The molecular formula is C11H15BrCl2N2O2S. The van der Waals surface area contributed by atoms with Gasteiger partial charge in [-0.3, -0.25) is 0 Å². The first-order chi connectivity index (χ1) is 8.45. The summed E-state index contributed by atoms with van der Waals surface area (Å²) in [5, 5.41) is 3.60. The van der Waals surface area contributed by atoms with E-state index in [9.17, 15) is 8.42 Å². The molecule has 1 heterocycles. The van der Waals surface area contributed by atoms with Gasteiger partial charge in [0, 0.05) is 23.6 Å². The van der Waals surface area contributed by atoms with E-state index in [0.717, 1.165) is 6.42 Å². The lowest BCUT2D eigenvalue weighted by Gasteiger charge is -2.16. The van der Waals surface area contributed by atoms with Crippen molar-refractivity contribution in [1.82, 2.24) is 9.62 Å². The average molecular weight is 390 g/mol. The summed E-state index contributed by atoms with van der Waals surface area (Å²) in [6, 6.07) is 4.90. The minimum atomic E-state index is -3.42. The molecule has 1 unspecified atom stereocenters. The molecule has 4 nitrogen and oxygen atoms in total. The molecule has 1 atom stereocenters. The van der Waals surface area contributed by atoms with Gasteiger partial charge in [0.1, 0.15) is 0 Å². The molecule has 0 aromatic heterocycles. The quantitative estimate of drug-likeness (QED) is 0.863. The van der Waals surface area contributed by atoms with Crippen molar-refractivity contribution in [3.05, 3.63) is 27.7 Å². The summed E-state index contributed by atoms with van der Waals surface area (Å²) in [7, 11) is -1.57. The fourth-order valence-electron chi connectivity index (χ4n) is 1.97. The first kappa shape index (κ1) is 17.2. The van der Waals surface area contributed by atoms with Gasteiger partial charge in [0.25, 0.3) is 0 Å². The first-order valence-corrected chi connectivity index (χ1v) is 8.18. The number of nitrogens with one attached hydrogen (secondary N) is 1. The van der Waals surface area contributed by atoms with E-state index in [-0.39, 0.29) is 23.3 Å². The second kappa shape index (κ2) is 6.74. The highest BCUT2D eigenvalue weighted by molar-refractivity contribution is 9.10. The molecule has 0 saturated carbocycles. The Balaban J connectivity index is 0.00000180. The van der Waals surface area contributed by atoms with Gasteiger partial charge in [0.15, 0.2) is 0 Å². The van der Waals surface area contributed by atoms with Crippen LogP contribution in [-0.2, 0) is 10.0 Å². The zero-order valence-electron chi connectivity index (χ0n) is 10.3. The first-order valence-electron chi connectivity index (χ1n) is 5.57. The van der Waals surface area contributed by atoms with Crippen LogP contribution in [0, 0.1) is 0 Å². The molecule has 0 aliphatic carbocycles. The topological polar surface area (TPSA) is 49.4 Å². The van der Waals surface area contributed by atoms with Crippen molar-refractivity contribution in [2.75, 3.05) is 20.1 Å². The van der Waals surface area contributed by atoms with Gasteiger partial charge in [0.2, 0.25) is 10.0 Å². The van der Waals surface area contributed by atoms with Crippen LogP contribution in [0.25, 0.3) is 0 Å². The third kappa shape index (κ3) is 3.62. The number of hydrogen-bond acceptors (Lipinski definition) is 3. The predicted molar refractivity (Wildman–Crippen MR) is 82.6 cm³/mol. The maximum Gasteiger partial charge on any atom is 0.243 e. The number of rotatable bonds is 3. The smallest absolute Gasteiger partial charge is 0.243 e. The number of hydrogen-bond donors (Lipinski definition) is 1. The number of nitrogens with zero attached hydrogens (tertiary/aromatic N) is 1. The maximum atomic E-state index is 12.4. The largest absolute Gasteiger partial charge is 0.316 e. The van der Waals surface area contributed by atoms with E-state index in [1.807, 2.05) is 7.05 Å². The van der Waals surface area contributed by atoms with Gasteiger partial charge in [-0.15, -0.1) is 12.4 Å². The second-order valence-corrected chi connectivity index (χ2v) is 7.41. The Hall–Kier alpha value is 0.150. The minimum Gasteiger partial charge on any atom is -0.316 e. The third-order valence-corrected chi connectivity index (χ3v) is 6.16. The predicted octanol–water partition coefficient (Wildman–Crippen LogP) is 2.51. The number of halogens is 3. The highest BCUT2D eigenvalue weighted by Crippen LogP contribution is 2.28. The van der Waals surface area contributed by atoms with Crippen LogP contribution in [-0.4, -0.2) is 38.9 Å². The van der Waals surface area contributed by atoms with E-state index in [4.69, 9.17) is 11.6 Å². The van der Waals surface area contributed by atoms with Gasteiger partial charge in [-0.25, -0.2) is 8.42 Å². The average Bonchev–Trinajstić information content (AvgIpc) is 2.81. The van der Waals surface area contributed by atoms with E-state index in [1.165, 1.54) is 10.4 Å². The molecule has 2 rings (SSSR count). The number of likely N-dealkylation sites (N-methyl/N-ethyl adjacent to an activating group) is 1. The Labute approximate surface area is 133 Å². The lowest BCUT2D eigenvalue weighted by Crippen LogP contribution is -2.33. The Bertz CT molecular complexity index is 554. The monoisotopic (exact) mass is 388 g/mol. The summed E-state index contributed by atoms with van der Waals surface area (Å²) in [5.74, 6) is 0. The molecule has 0 spiro atoms. The van der Waals surface area contributed by atoms with E-state index >= 15 is 0 Å². The summed E-state index contributed by atoms with van der Waals surface area (Å²) >= 11 is 9.12. The van der Waals surface area contributed by atoms with Crippen LogP contribution in [0.15, 0.2) is 27.6 Å². The fraction of sp³-hybridized carbons (Fsp3) is 0.455. The zero-order valence-corrected chi connectivity index (χ0v) is 14.2. The van der Waals surface area contributed by atoms with Crippen LogP contribution in [0.3, 0.4) is 0 Å². The van der Waals surface area contributed by atoms with Crippen LogP contribution in [0.5, 0.6) is 0 Å². The Morgan fingerprint density at radius 3 is 2.68 bits per heavy atom. The number of sulfonamides is 1. The van der Waals surface area contributed by atoms with Gasteiger partial charge >= 0.3 is 0 Å². The van der Waals surface area contributed by atoms with Gasteiger partial charge < -0.3 is 5.32 Å². The molecule has 1 aromatic carbocycles. The molecule has 1 aliphatic rings. The van der Waals surface area contributed by atoms with Crippen LogP contribution >= 0.6 is 39.9 Å². The lowest BCUT2D eigenvalue weighted by molar-refractivity contribution is 0.464. The normalized spacial score (nSPS) is 20.3. The van der Waals surface area contributed by atoms with Crippen LogP contribution in [0.2, 0.25) is 5.02 Å². The molecule has 108 valence electrons. The van der Waals surface area contributed by atoms with E-state index in [2.05, 4.69) is 21.2 Å². The standard InChI is InChI=1S/C11H14BrClN2O2S.ClH/c1-14-8-4-5-15(7-8)18(16,17)9-2-3-11(13)10(12)6-9;/h2-3,6,8,14H,4-5,7H2,1H3;1H. The van der Waals surface area contributed by atoms with Crippen LogP contribution < -0.4 is 5.32 Å². The van der Waals surface area contributed by atoms with Crippen molar-refractivity contribution in [2.24, 2.45) is 0 Å². The van der Waals surface area contributed by atoms with E-state index in [0.29, 0.717) is 22.6 Å². The summed E-state index contributed by atoms with van der Waals surface area (Å²) in [6.07, 6.45) is 0.838. The zero-order chi connectivity index (χ0) is 13.3. The molecule has 0 bridgehead atoms. The van der Waals surface area contributed by atoms with Crippen molar-refractivity contribution < 1.29 is 8.42 Å². The second-order valence-electron chi connectivity index (χ2n) is 4.21. The lowest BCUT2D eigenvalue weighted by atomic mass is 10.3. The Morgan fingerprint density at radius 1 is 1.47 bits per heavy atom. The molecule has 19 heavy (non-hydrogen) atoms. The van der Waals surface area contributed by atoms with Gasteiger partial charge in [-0.1, -0.05) is 11.6 Å². The molecule has 8 heteroatoms. The molecule has 1 N–H and O–H groups in total. The van der Waals surface area contributed by atoms with Crippen molar-refractivity contribution in [3.63, 3.8) is 0 Å². The van der Waals surface area contributed by atoms with Crippen molar-refractivity contribution in [1.29, 1.82) is 0 Å². The molecule has 0 radical (unpaired) electrons. The number of benzene rings is 1. The Kier molecular flexibility index (Phi) is 6.10. The molecule has 0 amide bonds. The maximum absolute atomic E-state index is 12.4. The Morgan fingerprint density at radius 2 is 2.16 bits per heavy atom. The molecule has 1 fully saturated rings. The van der Waals surface area contributed by atoms with Crippen LogP contribution in [0.1, 0.15) is 6.42 Å². The molecule has 1 aliphatic heterocycles. The van der Waals surface area contributed by atoms with Crippen molar-refractivity contribution in [3.8, 4) is 0 Å². The van der Waals surface area contributed by atoms with Crippen molar-refractivity contribution in [2.45, 2.75) is 17.4 Å². The van der Waals surface area contributed by atoms with Gasteiger partial charge in [-0.2, -0.15) is 4.31 Å². The minimum absolute atomic E-state index is 0. The van der Waals surface area contributed by atoms with Crippen molar-refractivity contribution >= 4 is 50.0 Å². The molecule has 1 aromatic rings. The summed E-state index contributed by atoms with van der Waals surface area (Å²) in [6.45, 7) is 1.06.